The van der Waals surface area contributed by atoms with Gasteiger partial charge in [-0.3, -0.25) is 4.79 Å². The average Bonchev–Trinajstić information content (AvgIpc) is 2.69. The van der Waals surface area contributed by atoms with Gasteiger partial charge in [-0.1, -0.05) is 11.6 Å². The van der Waals surface area contributed by atoms with Crippen molar-refractivity contribution in [2.24, 2.45) is 0 Å². The Balaban J connectivity index is 1.81. The predicted octanol–water partition coefficient (Wildman–Crippen LogP) is 3.88. The van der Waals surface area contributed by atoms with Crippen molar-refractivity contribution >= 4 is 5.78 Å². The number of phenols is 2. The van der Waals surface area contributed by atoms with Crippen molar-refractivity contribution in [1.82, 2.24) is 0 Å². The molecule has 7 heteroatoms. The van der Waals surface area contributed by atoms with Crippen molar-refractivity contribution in [3.05, 3.63) is 58.2 Å². The molecule has 0 fully saturated rings. The van der Waals surface area contributed by atoms with E-state index in [4.69, 9.17) is 9.47 Å². The minimum Gasteiger partial charge on any atom is -0.508 e. The number of carbonyl (C=O) groups excluding carboxylic acids is 1. The quantitative estimate of drug-likeness (QED) is 0.535. The number of ketones is 1. The number of aromatic hydroxyl groups is 2. The lowest BCUT2D eigenvalue weighted by Gasteiger charge is -2.41. The van der Waals surface area contributed by atoms with Gasteiger partial charge in [0.15, 0.2) is 5.78 Å². The lowest BCUT2D eigenvalue weighted by molar-refractivity contribution is -0.112. The summed E-state index contributed by atoms with van der Waals surface area (Å²) in [7, 11) is 0. The number of benzene rings is 2. The summed E-state index contributed by atoms with van der Waals surface area (Å²) in [5.41, 5.74) is 2.06. The molecule has 3 atom stereocenters. The number of Topliss-reactive ketones (excluding diaryl/α,β-unsaturated/α-hetero) is 1. The maximum Gasteiger partial charge on any atom is 0.174 e. The Morgan fingerprint density at radius 1 is 1.16 bits per heavy atom. The van der Waals surface area contributed by atoms with E-state index >= 15 is 0 Å². The van der Waals surface area contributed by atoms with Gasteiger partial charge in [-0.2, -0.15) is 0 Å². The number of aliphatic hydroxyl groups is 2. The summed E-state index contributed by atoms with van der Waals surface area (Å²) in [6, 6.07) is 5.97. The van der Waals surface area contributed by atoms with Gasteiger partial charge in [0.05, 0.1) is 6.42 Å². The van der Waals surface area contributed by atoms with E-state index in [2.05, 4.69) is 0 Å². The largest absolute Gasteiger partial charge is 0.508 e. The van der Waals surface area contributed by atoms with Gasteiger partial charge < -0.3 is 29.9 Å². The third-order valence-corrected chi connectivity index (χ3v) is 6.00. The zero-order valence-electron chi connectivity index (χ0n) is 18.5. The first-order valence-corrected chi connectivity index (χ1v) is 10.6. The number of rotatable bonds is 3. The first-order valence-electron chi connectivity index (χ1n) is 10.6. The van der Waals surface area contributed by atoms with Crippen molar-refractivity contribution in [3.63, 3.8) is 0 Å². The van der Waals surface area contributed by atoms with Gasteiger partial charge in [-0.05, 0) is 57.4 Å². The van der Waals surface area contributed by atoms with Crippen molar-refractivity contribution in [3.8, 4) is 23.0 Å². The Hall–Kier alpha value is -3.03. The minimum atomic E-state index is -1.17. The van der Waals surface area contributed by atoms with Gasteiger partial charge in [0.2, 0.25) is 0 Å². The molecule has 0 aromatic heterocycles. The van der Waals surface area contributed by atoms with Crippen molar-refractivity contribution in [2.45, 2.75) is 64.4 Å². The molecule has 4 rings (SSSR count). The molecule has 2 heterocycles. The molecule has 2 aromatic carbocycles. The molecular weight excluding hydrogens is 412 g/mol. The van der Waals surface area contributed by atoms with Gasteiger partial charge in [-0.15, -0.1) is 0 Å². The van der Waals surface area contributed by atoms with Crippen molar-refractivity contribution in [1.29, 1.82) is 0 Å². The maximum atomic E-state index is 12.7. The van der Waals surface area contributed by atoms with Crippen LogP contribution in [0.15, 0.2) is 35.9 Å². The zero-order valence-corrected chi connectivity index (χ0v) is 18.5. The van der Waals surface area contributed by atoms with Crippen LogP contribution >= 0.6 is 0 Å². The van der Waals surface area contributed by atoms with Crippen LogP contribution in [-0.4, -0.2) is 37.9 Å². The normalized spacial score (nSPS) is 23.4. The number of aliphatic hydroxyl groups excluding tert-OH is 2. The van der Waals surface area contributed by atoms with Crippen LogP contribution in [0.25, 0.3) is 0 Å². The number of hydrogen-bond acceptors (Lipinski definition) is 7. The lowest BCUT2D eigenvalue weighted by Crippen LogP contribution is -2.49. The summed E-state index contributed by atoms with van der Waals surface area (Å²) in [4.78, 5) is 12.7. The molecule has 2 aliphatic heterocycles. The van der Waals surface area contributed by atoms with Crippen molar-refractivity contribution in [2.75, 3.05) is 0 Å². The fraction of sp³-hybridized carbons (Fsp3) is 0.400. The fourth-order valence-corrected chi connectivity index (χ4v) is 4.22. The molecule has 7 nitrogen and oxygen atoms in total. The van der Waals surface area contributed by atoms with Gasteiger partial charge in [0.25, 0.3) is 0 Å². The van der Waals surface area contributed by atoms with E-state index in [1.165, 1.54) is 6.07 Å². The standard InChI is InChI=1S/C25H28O7/c1-12(2)5-6-13-7-14(8-16-22(29)24(30)25(3,4)32-23(13)16)19-11-18(28)21-17(27)9-15(26)10-20(21)31-19/h5,7-10,19,22,24,26-27,29-30H,6,11H2,1-4H3/t19-,22+,24+/m0/s1. The highest BCUT2D eigenvalue weighted by atomic mass is 16.5. The van der Waals surface area contributed by atoms with Gasteiger partial charge >= 0.3 is 0 Å². The summed E-state index contributed by atoms with van der Waals surface area (Å²) >= 11 is 0. The lowest BCUT2D eigenvalue weighted by atomic mass is 9.84. The molecule has 0 amide bonds. The number of allylic oxidation sites excluding steroid dienone is 2. The molecule has 2 aromatic rings. The first-order chi connectivity index (χ1) is 15.0. The molecule has 0 bridgehead atoms. The zero-order chi connectivity index (χ0) is 23.4. The van der Waals surface area contributed by atoms with Crippen LogP contribution in [0, 0.1) is 0 Å². The molecule has 0 saturated heterocycles. The third kappa shape index (κ3) is 3.82. The number of carbonyl (C=O) groups is 1. The van der Waals surface area contributed by atoms with E-state index in [1.807, 2.05) is 26.0 Å². The predicted molar refractivity (Wildman–Crippen MR) is 117 cm³/mol. The molecule has 2 aliphatic rings. The molecular formula is C25H28O7. The Morgan fingerprint density at radius 2 is 1.88 bits per heavy atom. The second kappa shape index (κ2) is 7.83. The van der Waals surface area contributed by atoms with Crippen LogP contribution in [0.2, 0.25) is 0 Å². The van der Waals surface area contributed by atoms with Crippen LogP contribution < -0.4 is 9.47 Å². The van der Waals surface area contributed by atoms with Crippen LogP contribution in [0.5, 0.6) is 23.0 Å². The van der Waals surface area contributed by atoms with Crippen LogP contribution in [0.4, 0.5) is 0 Å². The number of phenolic OH excluding ortho intramolecular Hbond substituents is 2. The number of fused-ring (bicyclic) bond motifs is 2. The minimum absolute atomic E-state index is 0.0167. The first kappa shape index (κ1) is 22.2. The summed E-state index contributed by atoms with van der Waals surface area (Å²) in [6.07, 6.45) is -0.436. The molecule has 0 saturated carbocycles. The molecule has 0 spiro atoms. The van der Waals surface area contributed by atoms with E-state index in [0.717, 1.165) is 17.2 Å². The highest BCUT2D eigenvalue weighted by Crippen LogP contribution is 2.46. The number of hydrogen-bond donors (Lipinski definition) is 4. The molecule has 0 aliphatic carbocycles. The Bertz CT molecular complexity index is 1110. The van der Waals surface area contributed by atoms with Crippen LogP contribution in [0.3, 0.4) is 0 Å². The smallest absolute Gasteiger partial charge is 0.174 e. The van der Waals surface area contributed by atoms with Crippen LogP contribution in [0.1, 0.15) is 73.4 Å². The third-order valence-electron chi connectivity index (χ3n) is 6.00. The Morgan fingerprint density at radius 3 is 2.56 bits per heavy atom. The number of ether oxygens (including phenoxy) is 2. The van der Waals surface area contributed by atoms with Crippen LogP contribution in [-0.2, 0) is 6.42 Å². The Labute approximate surface area is 186 Å². The second-order valence-corrected chi connectivity index (χ2v) is 9.25. The average molecular weight is 440 g/mol. The molecule has 32 heavy (non-hydrogen) atoms. The van der Waals surface area contributed by atoms with E-state index in [1.54, 1.807) is 19.9 Å². The monoisotopic (exact) mass is 440 g/mol. The van der Waals surface area contributed by atoms with E-state index < -0.39 is 23.9 Å². The van der Waals surface area contributed by atoms with E-state index in [-0.39, 0.29) is 35.0 Å². The molecule has 0 unspecified atom stereocenters. The van der Waals surface area contributed by atoms with Gasteiger partial charge in [0, 0.05) is 17.7 Å². The fourth-order valence-electron chi connectivity index (χ4n) is 4.22. The van der Waals surface area contributed by atoms with Gasteiger partial charge in [0.1, 0.15) is 52.5 Å². The van der Waals surface area contributed by atoms with E-state index in [0.29, 0.717) is 23.3 Å². The summed E-state index contributed by atoms with van der Waals surface area (Å²) in [5.74, 6) is -0.224. The van der Waals surface area contributed by atoms with Gasteiger partial charge in [-0.25, -0.2) is 0 Å². The summed E-state index contributed by atoms with van der Waals surface area (Å²) in [6.45, 7) is 7.42. The highest BCUT2D eigenvalue weighted by Gasteiger charge is 2.43. The summed E-state index contributed by atoms with van der Waals surface area (Å²) < 4.78 is 12.1. The van der Waals surface area contributed by atoms with E-state index in [9.17, 15) is 25.2 Å². The van der Waals surface area contributed by atoms with Crippen molar-refractivity contribution < 1.29 is 34.7 Å². The Kier molecular flexibility index (Phi) is 5.43. The highest BCUT2D eigenvalue weighted by molar-refractivity contribution is 6.02. The SMILES string of the molecule is CC(C)=CCc1cc([C@@H]2CC(=O)c3c(O)cc(O)cc3O2)cc2c1OC(C)(C)[C@H](O)[C@@H]2O. The molecule has 170 valence electrons. The second-order valence-electron chi connectivity index (χ2n) is 9.25. The molecule has 0 radical (unpaired) electrons. The topological polar surface area (TPSA) is 116 Å². The summed E-state index contributed by atoms with van der Waals surface area (Å²) in [5, 5.41) is 41.3. The maximum absolute atomic E-state index is 12.7. The molecule has 4 N–H and O–H groups in total.